The molecule has 0 radical (unpaired) electrons. The van der Waals surface area contributed by atoms with E-state index < -0.39 is 11.8 Å². The molecule has 5 aliphatic rings. The number of pyridine rings is 1. The molecular formula is C27H34FN3O2. The molecule has 0 saturated heterocycles. The van der Waals surface area contributed by atoms with Crippen LogP contribution in [-0.4, -0.2) is 37.4 Å². The average Bonchev–Trinajstić information content (AvgIpc) is 3.10. The third kappa shape index (κ3) is 2.76. The SMILES string of the molecule is C[C@]12CC[C@@H]3[C@H]4CC[C@]5(O)C(F)C5[C@@H]4CC[C@H]3[C@@H]1CC[C@@H]2C(=O)Cn1cc2ccncc2n1. The highest BCUT2D eigenvalue weighted by molar-refractivity contribution is 5.83. The van der Waals surface area contributed by atoms with Crippen LogP contribution in [-0.2, 0) is 11.3 Å². The molecule has 5 saturated carbocycles. The van der Waals surface area contributed by atoms with Crippen molar-refractivity contribution >= 4 is 16.7 Å². The quantitative estimate of drug-likeness (QED) is 0.742. The monoisotopic (exact) mass is 451 g/mol. The first kappa shape index (κ1) is 20.5. The second kappa shape index (κ2) is 6.87. The molecule has 176 valence electrons. The summed E-state index contributed by atoms with van der Waals surface area (Å²) in [4.78, 5) is 17.6. The Kier molecular flexibility index (Phi) is 4.27. The van der Waals surface area contributed by atoms with Gasteiger partial charge >= 0.3 is 0 Å². The van der Waals surface area contributed by atoms with Crippen LogP contribution in [0.2, 0.25) is 0 Å². The molecule has 0 bridgehead atoms. The van der Waals surface area contributed by atoms with Gasteiger partial charge in [0, 0.05) is 29.6 Å². The number of ketones is 1. The largest absolute Gasteiger partial charge is 0.386 e. The van der Waals surface area contributed by atoms with E-state index in [0.717, 1.165) is 49.4 Å². The van der Waals surface area contributed by atoms with E-state index in [2.05, 4.69) is 17.0 Å². The maximum atomic E-state index is 14.4. The normalized spacial score (nSPS) is 48.0. The van der Waals surface area contributed by atoms with E-state index >= 15 is 0 Å². The molecule has 0 aromatic carbocycles. The Balaban J connectivity index is 1.09. The maximum absolute atomic E-state index is 14.4. The summed E-state index contributed by atoms with van der Waals surface area (Å²) in [6.07, 6.45) is 12.8. The van der Waals surface area contributed by atoms with E-state index in [1.165, 1.54) is 6.42 Å². The summed E-state index contributed by atoms with van der Waals surface area (Å²) >= 11 is 0. The van der Waals surface area contributed by atoms with Gasteiger partial charge in [0.2, 0.25) is 0 Å². The number of hydrogen-bond acceptors (Lipinski definition) is 4. The number of alkyl halides is 1. The van der Waals surface area contributed by atoms with Crippen molar-refractivity contribution in [3.63, 3.8) is 0 Å². The van der Waals surface area contributed by atoms with Gasteiger partial charge in [0.25, 0.3) is 0 Å². The average molecular weight is 452 g/mol. The van der Waals surface area contributed by atoms with Gasteiger partial charge in [-0.3, -0.25) is 14.5 Å². The molecule has 7 rings (SSSR count). The standard InChI is InChI=1S/C27H34FN3O2/c1-26-9-6-16-17-7-10-27(33)24(25(27)28)19(17)3-2-18(16)20(26)4-5-21(26)23(32)14-31-13-15-8-11-29-12-22(15)30-31/h8,11-13,16-21,24-25,33H,2-7,9-10,14H2,1H3/t16-,17-,18-,19-,20+,21-,24?,25?,26+,27-/m1/s1. The highest BCUT2D eigenvalue weighted by Gasteiger charge is 2.72. The smallest absolute Gasteiger partial charge is 0.157 e. The third-order valence-corrected chi connectivity index (χ3v) is 11.1. The van der Waals surface area contributed by atoms with Crippen molar-refractivity contribution in [2.45, 2.75) is 76.6 Å². The van der Waals surface area contributed by atoms with Gasteiger partial charge in [-0.25, -0.2) is 4.39 Å². The van der Waals surface area contributed by atoms with Crippen LogP contribution in [0.1, 0.15) is 58.3 Å². The first-order valence-electron chi connectivity index (χ1n) is 13.1. The molecule has 0 amide bonds. The minimum Gasteiger partial charge on any atom is -0.386 e. The molecule has 2 unspecified atom stereocenters. The summed E-state index contributed by atoms with van der Waals surface area (Å²) < 4.78 is 16.2. The highest BCUT2D eigenvalue weighted by atomic mass is 19.1. The number of Topliss-reactive ketones (excluding diaryl/α,β-unsaturated/α-hetero) is 1. The predicted octanol–water partition coefficient (Wildman–Crippen LogP) is 4.58. The second-order valence-electron chi connectivity index (χ2n) is 12.2. The lowest BCUT2D eigenvalue weighted by atomic mass is 9.49. The number of rotatable bonds is 3. The molecule has 5 aliphatic carbocycles. The minimum absolute atomic E-state index is 0.0802. The molecule has 0 aliphatic heterocycles. The lowest BCUT2D eigenvalue weighted by Gasteiger charge is -2.55. The van der Waals surface area contributed by atoms with Crippen LogP contribution in [0.3, 0.4) is 0 Å². The molecule has 1 N–H and O–H groups in total. The molecule has 10 atom stereocenters. The Labute approximate surface area is 194 Å². The predicted molar refractivity (Wildman–Crippen MR) is 122 cm³/mol. The summed E-state index contributed by atoms with van der Waals surface area (Å²) in [5, 5.41) is 16.2. The van der Waals surface area contributed by atoms with Crippen molar-refractivity contribution in [2.75, 3.05) is 0 Å². The van der Waals surface area contributed by atoms with Gasteiger partial charge < -0.3 is 5.11 Å². The van der Waals surface area contributed by atoms with Crippen LogP contribution >= 0.6 is 0 Å². The summed E-state index contributed by atoms with van der Waals surface area (Å²) in [5.41, 5.74) is -0.0738. The Hall–Kier alpha value is -1.82. The van der Waals surface area contributed by atoms with E-state index in [9.17, 15) is 14.3 Å². The van der Waals surface area contributed by atoms with Crippen LogP contribution < -0.4 is 0 Å². The first-order chi connectivity index (χ1) is 15.9. The fourth-order valence-electron chi connectivity index (χ4n) is 9.55. The van der Waals surface area contributed by atoms with Crippen molar-refractivity contribution < 1.29 is 14.3 Å². The highest BCUT2D eigenvalue weighted by Crippen LogP contribution is 2.69. The number of nitrogens with zero attached hydrogens (tertiary/aromatic N) is 3. The molecule has 6 heteroatoms. The fourth-order valence-corrected chi connectivity index (χ4v) is 9.55. The zero-order chi connectivity index (χ0) is 22.5. The Morgan fingerprint density at radius 1 is 1.12 bits per heavy atom. The van der Waals surface area contributed by atoms with Crippen LogP contribution in [0.5, 0.6) is 0 Å². The molecular weight excluding hydrogens is 417 g/mol. The Morgan fingerprint density at radius 2 is 1.91 bits per heavy atom. The minimum atomic E-state index is -0.991. The van der Waals surface area contributed by atoms with Gasteiger partial charge in [-0.1, -0.05) is 6.92 Å². The Morgan fingerprint density at radius 3 is 2.76 bits per heavy atom. The number of fused-ring (bicyclic) bond motifs is 8. The summed E-state index contributed by atoms with van der Waals surface area (Å²) in [5.74, 6) is 3.25. The number of aromatic nitrogens is 3. The van der Waals surface area contributed by atoms with E-state index in [-0.39, 0.29) is 17.3 Å². The van der Waals surface area contributed by atoms with Crippen LogP contribution in [0.25, 0.3) is 10.9 Å². The van der Waals surface area contributed by atoms with Gasteiger partial charge in [-0.2, -0.15) is 5.10 Å². The molecule has 2 aromatic heterocycles. The molecule has 2 heterocycles. The molecule has 5 nitrogen and oxygen atoms in total. The van der Waals surface area contributed by atoms with Gasteiger partial charge in [0.1, 0.15) is 17.3 Å². The topological polar surface area (TPSA) is 68.0 Å². The fraction of sp³-hybridized carbons (Fsp3) is 0.741. The number of carbonyl (C=O) groups is 1. The van der Waals surface area contributed by atoms with Crippen molar-refractivity contribution in [3.05, 3.63) is 24.7 Å². The van der Waals surface area contributed by atoms with Crippen molar-refractivity contribution in [1.29, 1.82) is 0 Å². The summed E-state index contributed by atoms with van der Waals surface area (Å²) in [6.45, 7) is 2.73. The van der Waals surface area contributed by atoms with E-state index in [0.29, 0.717) is 48.3 Å². The van der Waals surface area contributed by atoms with E-state index in [4.69, 9.17) is 0 Å². The van der Waals surface area contributed by atoms with Crippen molar-refractivity contribution in [2.24, 2.45) is 46.8 Å². The van der Waals surface area contributed by atoms with Crippen LogP contribution in [0.4, 0.5) is 4.39 Å². The van der Waals surface area contributed by atoms with Gasteiger partial charge in [0.15, 0.2) is 5.78 Å². The van der Waals surface area contributed by atoms with E-state index in [1.54, 1.807) is 17.1 Å². The number of aliphatic hydroxyl groups is 1. The zero-order valence-electron chi connectivity index (χ0n) is 19.4. The van der Waals surface area contributed by atoms with Gasteiger partial charge in [0.05, 0.1) is 12.7 Å². The van der Waals surface area contributed by atoms with Crippen molar-refractivity contribution in [1.82, 2.24) is 14.8 Å². The number of hydrogen-bond donors (Lipinski definition) is 1. The van der Waals surface area contributed by atoms with E-state index in [1.807, 2.05) is 12.3 Å². The van der Waals surface area contributed by atoms with Crippen molar-refractivity contribution in [3.8, 4) is 0 Å². The zero-order valence-corrected chi connectivity index (χ0v) is 19.4. The lowest BCUT2D eigenvalue weighted by Crippen LogP contribution is -2.50. The molecule has 5 fully saturated rings. The van der Waals surface area contributed by atoms with Crippen LogP contribution in [0, 0.1) is 46.8 Å². The number of halogens is 1. The lowest BCUT2D eigenvalue weighted by molar-refractivity contribution is -0.131. The molecule has 0 spiro atoms. The van der Waals surface area contributed by atoms with Gasteiger partial charge in [-0.05, 0) is 92.4 Å². The summed E-state index contributed by atoms with van der Waals surface area (Å²) in [6, 6.07) is 1.94. The molecule has 2 aromatic rings. The summed E-state index contributed by atoms with van der Waals surface area (Å²) in [7, 11) is 0. The maximum Gasteiger partial charge on any atom is 0.157 e. The molecule has 33 heavy (non-hydrogen) atoms. The number of carbonyl (C=O) groups excluding carboxylic acids is 1. The third-order valence-electron chi connectivity index (χ3n) is 11.1. The second-order valence-corrected chi connectivity index (χ2v) is 12.2. The van der Waals surface area contributed by atoms with Crippen LogP contribution in [0.15, 0.2) is 24.7 Å². The van der Waals surface area contributed by atoms with Gasteiger partial charge in [-0.15, -0.1) is 0 Å². The Bertz CT molecular complexity index is 1080. The first-order valence-corrected chi connectivity index (χ1v) is 13.1.